The van der Waals surface area contributed by atoms with Crippen molar-refractivity contribution in [3.8, 4) is 11.5 Å². The summed E-state index contributed by atoms with van der Waals surface area (Å²) in [6.45, 7) is 1.94. The van der Waals surface area contributed by atoms with Gasteiger partial charge in [-0.2, -0.15) is 0 Å². The third-order valence-electron chi connectivity index (χ3n) is 3.80. The molecule has 5 nitrogen and oxygen atoms in total. The zero-order chi connectivity index (χ0) is 12.8. The zero-order valence-corrected chi connectivity index (χ0v) is 10.8. The van der Waals surface area contributed by atoms with Gasteiger partial charge >= 0.3 is 0 Å². The molecule has 0 amide bonds. The van der Waals surface area contributed by atoms with Gasteiger partial charge in [0, 0.05) is 24.6 Å². The van der Waals surface area contributed by atoms with Crippen LogP contribution in [0.5, 0.6) is 11.5 Å². The summed E-state index contributed by atoms with van der Waals surface area (Å²) in [4.78, 5) is 4.79. The molecule has 19 heavy (non-hydrogen) atoms. The van der Waals surface area contributed by atoms with Crippen LogP contribution in [0.15, 0.2) is 12.1 Å². The van der Waals surface area contributed by atoms with Gasteiger partial charge in [-0.3, -0.25) is 0 Å². The first kappa shape index (κ1) is 11.1. The molecule has 1 aliphatic heterocycles. The highest BCUT2D eigenvalue weighted by Crippen LogP contribution is 2.43. The van der Waals surface area contributed by atoms with Crippen LogP contribution in [0.4, 0.5) is 0 Å². The SMILES string of the molecule is NCCCn1c(C2CC2)nc2cc3c(cc21)OCO3. The maximum Gasteiger partial charge on any atom is 0.231 e. The van der Waals surface area contributed by atoms with Crippen molar-refractivity contribution < 1.29 is 9.47 Å². The molecule has 1 aliphatic carbocycles. The number of imidazole rings is 1. The molecular weight excluding hydrogens is 242 g/mol. The number of benzene rings is 1. The lowest BCUT2D eigenvalue weighted by Gasteiger charge is -2.07. The number of aromatic nitrogens is 2. The minimum Gasteiger partial charge on any atom is -0.454 e. The van der Waals surface area contributed by atoms with E-state index >= 15 is 0 Å². The Bertz CT molecular complexity index is 631. The maximum absolute atomic E-state index is 5.64. The first-order valence-electron chi connectivity index (χ1n) is 6.86. The third-order valence-corrected chi connectivity index (χ3v) is 3.80. The molecule has 1 aromatic carbocycles. The Morgan fingerprint density at radius 2 is 2.05 bits per heavy atom. The maximum atomic E-state index is 5.64. The van der Waals surface area contributed by atoms with E-state index in [-0.39, 0.29) is 0 Å². The van der Waals surface area contributed by atoms with Crippen molar-refractivity contribution in [3.05, 3.63) is 18.0 Å². The van der Waals surface area contributed by atoms with Crippen LogP contribution in [-0.4, -0.2) is 22.9 Å². The summed E-state index contributed by atoms with van der Waals surface area (Å²) in [5.41, 5.74) is 7.78. The Kier molecular flexibility index (Phi) is 2.41. The molecule has 2 aromatic rings. The van der Waals surface area contributed by atoms with Gasteiger partial charge in [0.25, 0.3) is 0 Å². The van der Waals surface area contributed by atoms with Gasteiger partial charge in [-0.25, -0.2) is 4.98 Å². The lowest BCUT2D eigenvalue weighted by Crippen LogP contribution is -2.08. The molecule has 1 saturated carbocycles. The molecule has 2 N–H and O–H groups in total. The average Bonchev–Trinajstić information content (AvgIpc) is 3.06. The Morgan fingerprint density at radius 3 is 2.79 bits per heavy atom. The van der Waals surface area contributed by atoms with Gasteiger partial charge in [0.05, 0.1) is 11.0 Å². The summed E-state index contributed by atoms with van der Waals surface area (Å²) in [5, 5.41) is 0. The monoisotopic (exact) mass is 259 g/mol. The van der Waals surface area contributed by atoms with Gasteiger partial charge < -0.3 is 19.8 Å². The molecule has 0 unspecified atom stereocenters. The van der Waals surface area contributed by atoms with E-state index in [4.69, 9.17) is 20.2 Å². The van der Waals surface area contributed by atoms with Crippen molar-refractivity contribution in [1.29, 1.82) is 0 Å². The van der Waals surface area contributed by atoms with E-state index in [0.29, 0.717) is 19.3 Å². The molecule has 4 rings (SSSR count). The lowest BCUT2D eigenvalue weighted by molar-refractivity contribution is 0.174. The summed E-state index contributed by atoms with van der Waals surface area (Å²) in [6, 6.07) is 4.04. The van der Waals surface area contributed by atoms with E-state index in [2.05, 4.69) is 4.57 Å². The van der Waals surface area contributed by atoms with Crippen molar-refractivity contribution in [2.45, 2.75) is 31.7 Å². The fourth-order valence-electron chi connectivity index (χ4n) is 2.67. The molecule has 0 saturated heterocycles. The van der Waals surface area contributed by atoms with Crippen molar-refractivity contribution in [1.82, 2.24) is 9.55 Å². The highest BCUT2D eigenvalue weighted by atomic mass is 16.7. The van der Waals surface area contributed by atoms with E-state index in [0.717, 1.165) is 35.5 Å². The van der Waals surface area contributed by atoms with Crippen molar-refractivity contribution >= 4 is 11.0 Å². The number of nitrogens with zero attached hydrogens (tertiary/aromatic N) is 2. The lowest BCUT2D eigenvalue weighted by atomic mass is 10.2. The van der Waals surface area contributed by atoms with Gasteiger partial charge in [-0.15, -0.1) is 0 Å². The summed E-state index contributed by atoms with van der Waals surface area (Å²) in [7, 11) is 0. The van der Waals surface area contributed by atoms with Gasteiger partial charge in [0.15, 0.2) is 11.5 Å². The normalized spacial score (nSPS) is 17.3. The second kappa shape index (κ2) is 4.13. The summed E-state index contributed by atoms with van der Waals surface area (Å²) < 4.78 is 13.2. The molecule has 2 heterocycles. The third kappa shape index (κ3) is 1.76. The van der Waals surface area contributed by atoms with E-state index in [1.807, 2.05) is 12.1 Å². The molecule has 0 radical (unpaired) electrons. The van der Waals surface area contributed by atoms with E-state index in [1.54, 1.807) is 0 Å². The Balaban J connectivity index is 1.86. The van der Waals surface area contributed by atoms with Gasteiger partial charge in [0.1, 0.15) is 5.82 Å². The number of rotatable bonds is 4. The smallest absolute Gasteiger partial charge is 0.231 e. The molecule has 2 aliphatic rings. The van der Waals surface area contributed by atoms with Gasteiger partial charge in [-0.1, -0.05) is 0 Å². The second-order valence-corrected chi connectivity index (χ2v) is 5.23. The standard InChI is InChI=1S/C14H17N3O2/c15-4-1-5-17-11-7-13-12(18-8-19-13)6-10(11)16-14(17)9-2-3-9/h6-7,9H,1-5,8,15H2. The van der Waals surface area contributed by atoms with Gasteiger partial charge in [-0.05, 0) is 25.8 Å². The number of aryl methyl sites for hydroxylation is 1. The molecule has 1 fully saturated rings. The van der Waals surface area contributed by atoms with Crippen LogP contribution < -0.4 is 15.2 Å². The minimum absolute atomic E-state index is 0.306. The van der Waals surface area contributed by atoms with Crippen molar-refractivity contribution in [2.75, 3.05) is 13.3 Å². The summed E-state index contributed by atoms with van der Waals surface area (Å²) in [6.07, 6.45) is 3.47. The Morgan fingerprint density at radius 1 is 1.26 bits per heavy atom. The first-order valence-corrected chi connectivity index (χ1v) is 6.86. The summed E-state index contributed by atoms with van der Waals surface area (Å²) in [5.74, 6) is 3.45. The van der Waals surface area contributed by atoms with Crippen LogP contribution in [0.3, 0.4) is 0 Å². The molecule has 1 aromatic heterocycles. The molecule has 0 atom stereocenters. The number of fused-ring (bicyclic) bond motifs is 2. The number of hydrogen-bond donors (Lipinski definition) is 1. The molecule has 0 spiro atoms. The number of hydrogen-bond acceptors (Lipinski definition) is 4. The van der Waals surface area contributed by atoms with Crippen LogP contribution in [0.1, 0.15) is 31.0 Å². The second-order valence-electron chi connectivity index (χ2n) is 5.23. The van der Waals surface area contributed by atoms with Crippen molar-refractivity contribution in [3.63, 3.8) is 0 Å². The molecular formula is C14H17N3O2. The topological polar surface area (TPSA) is 62.3 Å². The molecule has 100 valence electrons. The van der Waals surface area contributed by atoms with Crippen LogP contribution in [-0.2, 0) is 6.54 Å². The highest BCUT2D eigenvalue weighted by molar-refractivity contribution is 5.81. The fourth-order valence-corrected chi connectivity index (χ4v) is 2.67. The van der Waals surface area contributed by atoms with E-state index in [1.165, 1.54) is 18.7 Å². The van der Waals surface area contributed by atoms with E-state index in [9.17, 15) is 0 Å². The zero-order valence-electron chi connectivity index (χ0n) is 10.8. The quantitative estimate of drug-likeness (QED) is 0.912. The number of ether oxygens (including phenoxy) is 2. The molecule has 5 heteroatoms. The van der Waals surface area contributed by atoms with Crippen LogP contribution in [0.2, 0.25) is 0 Å². The average molecular weight is 259 g/mol. The minimum atomic E-state index is 0.306. The van der Waals surface area contributed by atoms with Crippen LogP contribution in [0.25, 0.3) is 11.0 Å². The molecule has 0 bridgehead atoms. The first-order chi connectivity index (χ1) is 9.36. The predicted octanol–water partition coefficient (Wildman–Crippen LogP) is 1.99. The Labute approximate surface area is 111 Å². The largest absolute Gasteiger partial charge is 0.454 e. The summed E-state index contributed by atoms with van der Waals surface area (Å²) >= 11 is 0. The van der Waals surface area contributed by atoms with E-state index < -0.39 is 0 Å². The van der Waals surface area contributed by atoms with Crippen LogP contribution in [0, 0.1) is 0 Å². The van der Waals surface area contributed by atoms with Gasteiger partial charge in [0.2, 0.25) is 6.79 Å². The Hall–Kier alpha value is -1.75. The van der Waals surface area contributed by atoms with Crippen LogP contribution >= 0.6 is 0 Å². The predicted molar refractivity (Wildman–Crippen MR) is 71.5 cm³/mol. The fraction of sp³-hybridized carbons (Fsp3) is 0.500. The van der Waals surface area contributed by atoms with Crippen molar-refractivity contribution in [2.24, 2.45) is 5.73 Å². The highest BCUT2D eigenvalue weighted by Gasteiger charge is 2.30. The number of nitrogens with two attached hydrogens (primary N) is 1.